The van der Waals surface area contributed by atoms with Crippen molar-refractivity contribution in [3.05, 3.63) is 56.7 Å². The van der Waals surface area contributed by atoms with Gasteiger partial charge in [0.25, 0.3) is 5.56 Å². The Kier molecular flexibility index (Phi) is 4.22. The molecule has 2 rings (SSSR count). The van der Waals surface area contributed by atoms with Gasteiger partial charge in [0.05, 0.1) is 13.3 Å². The summed E-state index contributed by atoms with van der Waals surface area (Å²) in [6, 6.07) is 8.62. The van der Waals surface area contributed by atoms with Gasteiger partial charge >= 0.3 is 5.69 Å². The van der Waals surface area contributed by atoms with Crippen LogP contribution in [0.15, 0.2) is 45.0 Å². The van der Waals surface area contributed by atoms with E-state index in [9.17, 15) is 9.59 Å². The van der Waals surface area contributed by atoms with Gasteiger partial charge in [-0.1, -0.05) is 0 Å². The summed E-state index contributed by atoms with van der Waals surface area (Å²) in [5.74, 6) is 1.09. The van der Waals surface area contributed by atoms with Crippen LogP contribution in [0, 0.1) is 0 Å². The topological polar surface area (TPSA) is 77.6 Å². The molecule has 0 unspecified atom stereocenters. The molecule has 0 saturated carbocycles. The van der Waals surface area contributed by atoms with Crippen LogP contribution in [0.3, 0.4) is 0 Å². The van der Waals surface area contributed by atoms with Crippen molar-refractivity contribution in [2.24, 2.45) is 19.2 Å². The Morgan fingerprint density at radius 3 is 2.43 bits per heavy atom. The van der Waals surface area contributed by atoms with Crippen LogP contribution in [-0.4, -0.2) is 22.5 Å². The summed E-state index contributed by atoms with van der Waals surface area (Å²) in [6.07, 6.45) is 1.58. The highest BCUT2D eigenvalue weighted by Crippen LogP contribution is 2.09. The van der Waals surface area contributed by atoms with Gasteiger partial charge in [-0.3, -0.25) is 19.4 Å². The molecule has 0 atom stereocenters. The molecule has 7 heteroatoms. The molecule has 0 saturated heterocycles. The zero-order valence-corrected chi connectivity index (χ0v) is 12.0. The monoisotopic (exact) mass is 288 g/mol. The second kappa shape index (κ2) is 6.08. The number of ether oxygens (including phenoxy) is 1. The molecule has 1 aromatic carbocycles. The van der Waals surface area contributed by atoms with Gasteiger partial charge in [-0.15, -0.1) is 0 Å². The van der Waals surface area contributed by atoms with E-state index in [1.165, 1.54) is 17.7 Å². The normalized spacial score (nSPS) is 10.8. The SMILES string of the molecule is COc1ccc(/C=N/Nc2cc(=O)n(C)c(=O)n2C)cc1. The van der Waals surface area contributed by atoms with E-state index in [4.69, 9.17) is 4.74 Å². The first kappa shape index (κ1) is 14.6. The molecule has 0 radical (unpaired) electrons. The molecular weight excluding hydrogens is 272 g/mol. The lowest BCUT2D eigenvalue weighted by atomic mass is 10.2. The van der Waals surface area contributed by atoms with Crippen molar-refractivity contribution in [2.75, 3.05) is 12.5 Å². The number of methoxy groups -OCH3 is 1. The van der Waals surface area contributed by atoms with Gasteiger partial charge < -0.3 is 4.74 Å². The zero-order valence-electron chi connectivity index (χ0n) is 12.0. The minimum atomic E-state index is -0.412. The van der Waals surface area contributed by atoms with Crippen LogP contribution in [0.4, 0.5) is 5.82 Å². The third-order valence-electron chi connectivity index (χ3n) is 3.03. The second-order valence-electron chi connectivity index (χ2n) is 4.41. The van der Waals surface area contributed by atoms with Crippen LogP contribution in [-0.2, 0) is 14.1 Å². The smallest absolute Gasteiger partial charge is 0.332 e. The van der Waals surface area contributed by atoms with E-state index >= 15 is 0 Å². The fourth-order valence-electron chi connectivity index (χ4n) is 1.70. The number of hydrogen-bond acceptors (Lipinski definition) is 5. The third kappa shape index (κ3) is 3.19. The maximum absolute atomic E-state index is 11.7. The van der Waals surface area contributed by atoms with E-state index in [1.807, 2.05) is 24.3 Å². The highest BCUT2D eigenvalue weighted by atomic mass is 16.5. The van der Waals surface area contributed by atoms with Crippen molar-refractivity contribution in [2.45, 2.75) is 0 Å². The highest BCUT2D eigenvalue weighted by molar-refractivity contribution is 5.80. The van der Waals surface area contributed by atoms with Gasteiger partial charge in [0.1, 0.15) is 11.6 Å². The predicted octanol–water partition coefficient (Wildman–Crippen LogP) is 0.539. The Hall–Kier alpha value is -2.83. The van der Waals surface area contributed by atoms with Crippen molar-refractivity contribution in [3.63, 3.8) is 0 Å². The van der Waals surface area contributed by atoms with Gasteiger partial charge in [-0.25, -0.2) is 4.79 Å². The molecule has 0 aliphatic carbocycles. The average Bonchev–Trinajstić information content (AvgIpc) is 2.51. The average molecular weight is 288 g/mol. The van der Waals surface area contributed by atoms with Crippen LogP contribution in [0.25, 0.3) is 0 Å². The third-order valence-corrected chi connectivity index (χ3v) is 3.03. The van der Waals surface area contributed by atoms with Crippen molar-refractivity contribution in [3.8, 4) is 5.75 Å². The number of nitrogens with zero attached hydrogens (tertiary/aromatic N) is 3. The number of hydrazone groups is 1. The number of aromatic nitrogens is 2. The molecule has 110 valence electrons. The summed E-state index contributed by atoms with van der Waals surface area (Å²) < 4.78 is 7.40. The lowest BCUT2D eigenvalue weighted by Gasteiger charge is -2.07. The number of anilines is 1. The molecular formula is C14H16N4O3. The molecule has 0 bridgehead atoms. The fourth-order valence-corrected chi connectivity index (χ4v) is 1.70. The Bertz CT molecular complexity index is 772. The maximum atomic E-state index is 11.7. The summed E-state index contributed by atoms with van der Waals surface area (Å²) >= 11 is 0. The van der Waals surface area contributed by atoms with Gasteiger partial charge in [0.2, 0.25) is 0 Å². The minimum Gasteiger partial charge on any atom is -0.497 e. The first-order valence-electron chi connectivity index (χ1n) is 6.23. The molecule has 1 aromatic heterocycles. The molecule has 1 heterocycles. The van der Waals surface area contributed by atoms with Gasteiger partial charge in [0, 0.05) is 20.2 Å². The lowest BCUT2D eigenvalue weighted by Crippen LogP contribution is -2.37. The Balaban J connectivity index is 2.17. The van der Waals surface area contributed by atoms with Crippen LogP contribution in [0.5, 0.6) is 5.75 Å². The number of benzene rings is 1. The van der Waals surface area contributed by atoms with E-state index in [-0.39, 0.29) is 5.56 Å². The molecule has 0 spiro atoms. The number of rotatable bonds is 4. The highest BCUT2D eigenvalue weighted by Gasteiger charge is 2.04. The van der Waals surface area contributed by atoms with E-state index in [0.29, 0.717) is 5.82 Å². The minimum absolute atomic E-state index is 0.327. The van der Waals surface area contributed by atoms with Gasteiger partial charge in [0.15, 0.2) is 0 Å². The molecule has 0 aliphatic rings. The summed E-state index contributed by atoms with van der Waals surface area (Å²) in [4.78, 5) is 23.3. The molecule has 7 nitrogen and oxygen atoms in total. The Labute approximate surface area is 121 Å². The molecule has 0 amide bonds. The van der Waals surface area contributed by atoms with Crippen LogP contribution >= 0.6 is 0 Å². The molecule has 1 N–H and O–H groups in total. The van der Waals surface area contributed by atoms with E-state index in [2.05, 4.69) is 10.5 Å². The molecule has 0 aliphatic heterocycles. The zero-order chi connectivity index (χ0) is 15.4. The second-order valence-corrected chi connectivity index (χ2v) is 4.41. The summed E-state index contributed by atoms with van der Waals surface area (Å²) in [7, 11) is 4.59. The molecule has 0 fully saturated rings. The van der Waals surface area contributed by atoms with E-state index in [0.717, 1.165) is 15.9 Å². The van der Waals surface area contributed by atoms with Crippen molar-refractivity contribution in [1.82, 2.24) is 9.13 Å². The first-order valence-corrected chi connectivity index (χ1v) is 6.23. The van der Waals surface area contributed by atoms with Crippen LogP contribution in [0.1, 0.15) is 5.56 Å². The fraction of sp³-hybridized carbons (Fsp3) is 0.214. The van der Waals surface area contributed by atoms with Crippen molar-refractivity contribution < 1.29 is 4.74 Å². The largest absolute Gasteiger partial charge is 0.497 e. The van der Waals surface area contributed by atoms with Crippen LogP contribution < -0.4 is 21.4 Å². The van der Waals surface area contributed by atoms with Crippen molar-refractivity contribution in [1.29, 1.82) is 0 Å². The quantitative estimate of drug-likeness (QED) is 0.658. The lowest BCUT2D eigenvalue weighted by molar-refractivity contribution is 0.415. The summed E-state index contributed by atoms with van der Waals surface area (Å²) in [6.45, 7) is 0. The maximum Gasteiger partial charge on any atom is 0.332 e. The molecule has 21 heavy (non-hydrogen) atoms. The Morgan fingerprint density at radius 2 is 1.81 bits per heavy atom. The summed E-state index contributed by atoms with van der Waals surface area (Å²) in [5, 5.41) is 4.02. The standard InChI is InChI=1S/C14H16N4O3/c1-17-12(8-13(19)18(2)14(17)20)16-15-9-10-4-6-11(21-3)7-5-10/h4-9,16H,1-3H3/b15-9+. The number of hydrogen-bond donors (Lipinski definition) is 1. The van der Waals surface area contributed by atoms with Gasteiger partial charge in [-0.2, -0.15) is 5.10 Å². The molecule has 2 aromatic rings. The van der Waals surface area contributed by atoms with Gasteiger partial charge in [-0.05, 0) is 29.8 Å². The first-order chi connectivity index (χ1) is 10.0. The van der Waals surface area contributed by atoms with E-state index in [1.54, 1.807) is 20.4 Å². The predicted molar refractivity (Wildman–Crippen MR) is 81.1 cm³/mol. The van der Waals surface area contributed by atoms with Crippen molar-refractivity contribution >= 4 is 12.0 Å². The van der Waals surface area contributed by atoms with E-state index < -0.39 is 5.69 Å². The Morgan fingerprint density at radius 1 is 1.14 bits per heavy atom. The summed E-state index contributed by atoms with van der Waals surface area (Å²) in [5.41, 5.74) is 2.74. The number of nitrogens with one attached hydrogen (secondary N) is 1. The van der Waals surface area contributed by atoms with Crippen LogP contribution in [0.2, 0.25) is 0 Å².